The Labute approximate surface area is 125 Å². The molecule has 1 saturated carbocycles. The number of nitrogens with one attached hydrogen (secondary N) is 2. The van der Waals surface area contributed by atoms with Crippen molar-refractivity contribution in [2.45, 2.75) is 57.4 Å². The first-order chi connectivity index (χ1) is 10.4. The molecule has 0 radical (unpaired) electrons. The van der Waals surface area contributed by atoms with E-state index in [0.29, 0.717) is 17.8 Å². The molecule has 2 N–H and O–H groups in total. The van der Waals surface area contributed by atoms with Gasteiger partial charge >= 0.3 is 0 Å². The molecule has 0 amide bonds. The summed E-state index contributed by atoms with van der Waals surface area (Å²) in [5, 5.41) is 7.80. The Bertz CT molecular complexity index is 534. The van der Waals surface area contributed by atoms with Crippen LogP contribution >= 0.6 is 0 Å². The zero-order chi connectivity index (χ0) is 14.5. The lowest BCUT2D eigenvalue weighted by Gasteiger charge is -2.23. The lowest BCUT2D eigenvalue weighted by molar-refractivity contribution is 0.304. The Morgan fingerprint density at radius 2 is 2.24 bits per heavy atom. The largest absolute Gasteiger partial charge is 0.359 e. The number of rotatable bonds is 5. The molecule has 3 rings (SSSR count). The molecule has 114 valence electrons. The second-order valence-corrected chi connectivity index (χ2v) is 5.85. The van der Waals surface area contributed by atoms with Gasteiger partial charge in [-0.1, -0.05) is 31.3 Å². The van der Waals surface area contributed by atoms with Gasteiger partial charge in [0.15, 0.2) is 0 Å². The summed E-state index contributed by atoms with van der Waals surface area (Å²) in [7, 11) is 0. The Hall–Kier alpha value is -1.62. The maximum Gasteiger partial charge on any atom is 0.231 e. The highest BCUT2D eigenvalue weighted by atomic mass is 16.5. The van der Waals surface area contributed by atoms with Crippen LogP contribution in [-0.4, -0.2) is 27.7 Å². The van der Waals surface area contributed by atoms with Crippen LogP contribution in [0, 0.1) is 0 Å². The predicted molar refractivity (Wildman–Crippen MR) is 82.0 cm³/mol. The molecule has 0 spiro atoms. The van der Waals surface area contributed by atoms with E-state index >= 15 is 0 Å². The third-order valence-corrected chi connectivity index (χ3v) is 4.27. The quantitative estimate of drug-likeness (QED) is 0.827. The molecule has 2 unspecified atom stereocenters. The lowest BCUT2D eigenvalue weighted by atomic mass is 9.94. The minimum atomic E-state index is 0.343. The van der Waals surface area contributed by atoms with Crippen molar-refractivity contribution in [3.8, 4) is 11.5 Å². The number of nitrogens with zero attached hydrogens (tertiary/aromatic N) is 2. The van der Waals surface area contributed by atoms with Gasteiger partial charge < -0.3 is 14.8 Å². The van der Waals surface area contributed by atoms with Crippen LogP contribution in [0.1, 0.15) is 57.3 Å². The molecule has 2 atom stereocenters. The van der Waals surface area contributed by atoms with E-state index in [4.69, 9.17) is 4.52 Å². The van der Waals surface area contributed by atoms with E-state index in [1.807, 2.05) is 18.3 Å². The van der Waals surface area contributed by atoms with Crippen molar-refractivity contribution in [2.24, 2.45) is 0 Å². The van der Waals surface area contributed by atoms with Gasteiger partial charge in [-0.3, -0.25) is 0 Å². The topological polar surface area (TPSA) is 66.7 Å². The monoisotopic (exact) mass is 288 g/mol. The first-order valence-electron chi connectivity index (χ1n) is 8.09. The third-order valence-electron chi connectivity index (χ3n) is 4.27. The van der Waals surface area contributed by atoms with Gasteiger partial charge in [0.2, 0.25) is 11.7 Å². The normalized spacial score (nSPS) is 23.1. The predicted octanol–water partition coefficient (Wildman–Crippen LogP) is 3.48. The summed E-state index contributed by atoms with van der Waals surface area (Å²) in [5.41, 5.74) is 0.914. The van der Waals surface area contributed by atoms with Crippen LogP contribution in [0.15, 0.2) is 22.9 Å². The van der Waals surface area contributed by atoms with Crippen molar-refractivity contribution >= 4 is 0 Å². The number of aromatic nitrogens is 3. The highest BCUT2D eigenvalue weighted by Crippen LogP contribution is 2.32. The number of hydrogen-bond acceptors (Lipinski definition) is 4. The molecule has 1 aliphatic carbocycles. The highest BCUT2D eigenvalue weighted by molar-refractivity contribution is 5.47. The molecule has 2 heterocycles. The van der Waals surface area contributed by atoms with Gasteiger partial charge in [-0.05, 0) is 37.9 Å². The van der Waals surface area contributed by atoms with Gasteiger partial charge in [0.1, 0.15) is 0 Å². The first-order valence-corrected chi connectivity index (χ1v) is 8.09. The second-order valence-electron chi connectivity index (χ2n) is 5.85. The maximum absolute atomic E-state index is 5.57. The summed E-state index contributed by atoms with van der Waals surface area (Å²) in [5.74, 6) is 1.79. The van der Waals surface area contributed by atoms with Crippen molar-refractivity contribution in [3.05, 3.63) is 24.2 Å². The lowest BCUT2D eigenvalue weighted by Crippen LogP contribution is -2.35. The Morgan fingerprint density at radius 3 is 3.05 bits per heavy atom. The van der Waals surface area contributed by atoms with Crippen LogP contribution in [0.25, 0.3) is 11.5 Å². The van der Waals surface area contributed by atoms with Gasteiger partial charge in [-0.2, -0.15) is 4.98 Å². The van der Waals surface area contributed by atoms with Gasteiger partial charge in [-0.25, -0.2) is 0 Å². The van der Waals surface area contributed by atoms with Crippen LogP contribution in [0.3, 0.4) is 0 Å². The highest BCUT2D eigenvalue weighted by Gasteiger charge is 2.29. The molecular weight excluding hydrogens is 264 g/mol. The van der Waals surface area contributed by atoms with Crippen molar-refractivity contribution in [3.63, 3.8) is 0 Å². The maximum atomic E-state index is 5.57. The third kappa shape index (κ3) is 3.35. The summed E-state index contributed by atoms with van der Waals surface area (Å²) in [6.07, 6.45) is 9.20. The van der Waals surface area contributed by atoms with Crippen LogP contribution < -0.4 is 5.32 Å². The molecule has 21 heavy (non-hydrogen) atoms. The Balaban J connectivity index is 1.78. The average molecular weight is 288 g/mol. The molecule has 0 bridgehead atoms. The van der Waals surface area contributed by atoms with Crippen LogP contribution in [-0.2, 0) is 0 Å². The van der Waals surface area contributed by atoms with Crippen molar-refractivity contribution in [1.29, 1.82) is 0 Å². The molecule has 2 aromatic rings. The molecule has 5 nitrogen and oxygen atoms in total. The van der Waals surface area contributed by atoms with Crippen LogP contribution in [0.2, 0.25) is 0 Å². The molecule has 0 saturated heterocycles. The zero-order valence-electron chi connectivity index (χ0n) is 12.6. The van der Waals surface area contributed by atoms with Gasteiger partial charge in [-0.15, -0.1) is 0 Å². The summed E-state index contributed by atoms with van der Waals surface area (Å²) in [4.78, 5) is 7.75. The molecule has 1 fully saturated rings. The minimum Gasteiger partial charge on any atom is -0.359 e. The molecule has 2 aromatic heterocycles. The van der Waals surface area contributed by atoms with E-state index in [1.165, 1.54) is 25.7 Å². The van der Waals surface area contributed by atoms with Crippen molar-refractivity contribution < 1.29 is 4.52 Å². The smallest absolute Gasteiger partial charge is 0.231 e. The van der Waals surface area contributed by atoms with Gasteiger partial charge in [0.25, 0.3) is 0 Å². The second kappa shape index (κ2) is 6.89. The van der Waals surface area contributed by atoms with Crippen LogP contribution in [0.5, 0.6) is 0 Å². The molecule has 5 heteroatoms. The van der Waals surface area contributed by atoms with E-state index < -0.39 is 0 Å². The SMILES string of the molecule is CCCNC1CCCCCC1c1nc(-c2ccc[nH]2)no1. The fraction of sp³-hybridized carbons (Fsp3) is 0.625. The van der Waals surface area contributed by atoms with E-state index in [0.717, 1.165) is 31.0 Å². The van der Waals surface area contributed by atoms with E-state index in [2.05, 4.69) is 27.4 Å². The van der Waals surface area contributed by atoms with Gasteiger partial charge in [0, 0.05) is 12.2 Å². The Kier molecular flexibility index (Phi) is 4.70. The number of aromatic amines is 1. The van der Waals surface area contributed by atoms with Crippen LogP contribution in [0.4, 0.5) is 0 Å². The van der Waals surface area contributed by atoms with E-state index in [1.54, 1.807) is 0 Å². The molecule has 0 aromatic carbocycles. The first kappa shape index (κ1) is 14.3. The standard InChI is InChI=1S/C16H24N4O/c1-2-10-17-13-8-5-3-4-7-12(13)16-19-15(20-21-16)14-9-6-11-18-14/h6,9,11-13,17-18H,2-5,7-8,10H2,1H3. The van der Waals surface area contributed by atoms with Crippen molar-refractivity contribution in [2.75, 3.05) is 6.54 Å². The average Bonchev–Trinajstić information content (AvgIpc) is 3.13. The zero-order valence-corrected chi connectivity index (χ0v) is 12.6. The summed E-state index contributed by atoms with van der Waals surface area (Å²) >= 11 is 0. The van der Waals surface area contributed by atoms with Crippen molar-refractivity contribution in [1.82, 2.24) is 20.4 Å². The fourth-order valence-electron chi connectivity index (χ4n) is 3.14. The van der Waals surface area contributed by atoms with E-state index in [-0.39, 0.29) is 0 Å². The molecule has 0 aliphatic heterocycles. The number of hydrogen-bond donors (Lipinski definition) is 2. The summed E-state index contributed by atoms with van der Waals surface area (Å²) < 4.78 is 5.57. The summed E-state index contributed by atoms with van der Waals surface area (Å²) in [6, 6.07) is 4.38. The summed E-state index contributed by atoms with van der Waals surface area (Å²) in [6.45, 7) is 3.26. The minimum absolute atomic E-state index is 0.343. The molecular formula is C16H24N4O. The number of H-pyrrole nitrogens is 1. The van der Waals surface area contributed by atoms with Gasteiger partial charge in [0.05, 0.1) is 11.6 Å². The fourth-order valence-corrected chi connectivity index (χ4v) is 3.14. The Morgan fingerprint density at radius 1 is 1.33 bits per heavy atom. The molecule has 1 aliphatic rings. The van der Waals surface area contributed by atoms with E-state index in [9.17, 15) is 0 Å².